The third-order valence-corrected chi connectivity index (χ3v) is 3.91. The fourth-order valence-electron chi connectivity index (χ4n) is 2.93. The smallest absolute Gasteiger partial charge is 0.251 e. The Balaban J connectivity index is 1.96. The largest absolute Gasteiger partial charge is 0.368 e. The van der Waals surface area contributed by atoms with Gasteiger partial charge in [-0.1, -0.05) is 6.92 Å². The van der Waals surface area contributed by atoms with Crippen LogP contribution in [0.25, 0.3) is 0 Å². The van der Waals surface area contributed by atoms with E-state index in [-0.39, 0.29) is 12.0 Å². The molecular weight excluding hydrogens is 228 g/mol. The summed E-state index contributed by atoms with van der Waals surface area (Å²) in [5.74, 6) is 0.227. The van der Waals surface area contributed by atoms with Gasteiger partial charge in [-0.3, -0.25) is 4.79 Å². The summed E-state index contributed by atoms with van der Waals surface area (Å²) in [5, 5.41) is 3.40. The molecule has 2 heterocycles. The van der Waals surface area contributed by atoms with Gasteiger partial charge < -0.3 is 15.0 Å². The van der Waals surface area contributed by atoms with Gasteiger partial charge in [0.1, 0.15) is 6.10 Å². The highest BCUT2D eigenvalue weighted by Gasteiger charge is 2.31. The van der Waals surface area contributed by atoms with Crippen molar-refractivity contribution >= 4 is 5.91 Å². The number of hydrogen-bond acceptors (Lipinski definition) is 3. The molecule has 2 unspecified atom stereocenters. The predicted molar refractivity (Wildman–Crippen MR) is 71.5 cm³/mol. The minimum Gasteiger partial charge on any atom is -0.368 e. The molecule has 0 aromatic heterocycles. The van der Waals surface area contributed by atoms with E-state index in [0.717, 1.165) is 58.3 Å². The molecule has 2 rings (SSSR count). The van der Waals surface area contributed by atoms with E-state index in [2.05, 4.69) is 17.1 Å². The van der Waals surface area contributed by atoms with Crippen molar-refractivity contribution in [2.24, 2.45) is 0 Å². The normalized spacial score (nSPS) is 28.9. The molecular formula is C14H26N2O2. The second-order valence-corrected chi connectivity index (χ2v) is 5.39. The van der Waals surface area contributed by atoms with E-state index in [9.17, 15) is 4.79 Å². The minimum absolute atomic E-state index is 0.174. The molecule has 0 saturated carbocycles. The van der Waals surface area contributed by atoms with Crippen LogP contribution in [0.5, 0.6) is 0 Å². The first-order valence-corrected chi connectivity index (χ1v) is 7.45. The van der Waals surface area contributed by atoms with Crippen molar-refractivity contribution in [1.82, 2.24) is 10.2 Å². The van der Waals surface area contributed by atoms with Crippen LogP contribution in [0.1, 0.15) is 45.4 Å². The Morgan fingerprint density at radius 2 is 2.22 bits per heavy atom. The summed E-state index contributed by atoms with van der Waals surface area (Å²) in [6, 6.07) is 0.372. The number of rotatable bonds is 4. The van der Waals surface area contributed by atoms with Crippen LogP contribution in [0.2, 0.25) is 0 Å². The van der Waals surface area contributed by atoms with E-state index in [1.165, 1.54) is 6.42 Å². The van der Waals surface area contributed by atoms with Crippen LogP contribution >= 0.6 is 0 Å². The number of nitrogens with zero attached hydrogens (tertiary/aromatic N) is 1. The van der Waals surface area contributed by atoms with Crippen LogP contribution in [0.4, 0.5) is 0 Å². The van der Waals surface area contributed by atoms with E-state index in [1.54, 1.807) is 0 Å². The molecule has 2 aliphatic heterocycles. The predicted octanol–water partition coefficient (Wildman–Crippen LogP) is 1.55. The van der Waals surface area contributed by atoms with Crippen molar-refractivity contribution in [2.75, 3.05) is 26.2 Å². The standard InChI is InChI=1S/C14H26N2O2/c1-2-9-16(12-6-5-8-15-11-12)14(17)13-7-3-4-10-18-13/h12-13,15H,2-11H2,1H3. The van der Waals surface area contributed by atoms with E-state index < -0.39 is 0 Å². The van der Waals surface area contributed by atoms with Gasteiger partial charge in [0.15, 0.2) is 0 Å². The molecule has 2 aliphatic rings. The Kier molecular flexibility index (Phi) is 5.45. The van der Waals surface area contributed by atoms with Crippen molar-refractivity contribution < 1.29 is 9.53 Å². The fourth-order valence-corrected chi connectivity index (χ4v) is 2.93. The first-order valence-electron chi connectivity index (χ1n) is 7.45. The van der Waals surface area contributed by atoms with E-state index >= 15 is 0 Å². The molecule has 2 fully saturated rings. The zero-order valence-corrected chi connectivity index (χ0v) is 11.5. The lowest BCUT2D eigenvalue weighted by molar-refractivity contribution is -0.149. The molecule has 0 radical (unpaired) electrons. The van der Waals surface area contributed by atoms with Gasteiger partial charge in [-0.05, 0) is 45.1 Å². The molecule has 1 N–H and O–H groups in total. The van der Waals surface area contributed by atoms with E-state index in [1.807, 2.05) is 0 Å². The zero-order chi connectivity index (χ0) is 12.8. The number of carbonyl (C=O) groups excluding carboxylic acids is 1. The Morgan fingerprint density at radius 3 is 2.83 bits per heavy atom. The van der Waals surface area contributed by atoms with Crippen molar-refractivity contribution in [1.29, 1.82) is 0 Å². The van der Waals surface area contributed by atoms with Crippen LogP contribution in [0, 0.1) is 0 Å². The summed E-state index contributed by atoms with van der Waals surface area (Å²) in [7, 11) is 0. The average molecular weight is 254 g/mol. The number of ether oxygens (including phenoxy) is 1. The highest BCUT2D eigenvalue weighted by molar-refractivity contribution is 5.81. The number of nitrogens with one attached hydrogen (secondary N) is 1. The third kappa shape index (κ3) is 3.45. The van der Waals surface area contributed by atoms with Crippen LogP contribution in [-0.4, -0.2) is 49.2 Å². The number of piperidine rings is 1. The lowest BCUT2D eigenvalue weighted by atomic mass is 10.0. The Hall–Kier alpha value is -0.610. The first kappa shape index (κ1) is 13.8. The summed E-state index contributed by atoms with van der Waals surface area (Å²) in [5.41, 5.74) is 0. The lowest BCUT2D eigenvalue weighted by Gasteiger charge is -2.37. The van der Waals surface area contributed by atoms with Gasteiger partial charge in [0.25, 0.3) is 5.91 Å². The zero-order valence-electron chi connectivity index (χ0n) is 11.5. The molecule has 1 amide bonds. The van der Waals surface area contributed by atoms with E-state index in [4.69, 9.17) is 4.74 Å². The first-order chi connectivity index (χ1) is 8.83. The Labute approximate surface area is 110 Å². The van der Waals surface area contributed by atoms with Gasteiger partial charge in [0.05, 0.1) is 0 Å². The molecule has 2 saturated heterocycles. The van der Waals surface area contributed by atoms with Crippen LogP contribution < -0.4 is 5.32 Å². The fraction of sp³-hybridized carbons (Fsp3) is 0.929. The monoisotopic (exact) mass is 254 g/mol. The molecule has 0 aliphatic carbocycles. The molecule has 0 aromatic rings. The summed E-state index contributed by atoms with van der Waals surface area (Å²) < 4.78 is 5.65. The van der Waals surface area contributed by atoms with Crippen molar-refractivity contribution in [3.63, 3.8) is 0 Å². The maximum absolute atomic E-state index is 12.6. The highest BCUT2D eigenvalue weighted by Crippen LogP contribution is 2.19. The van der Waals surface area contributed by atoms with Gasteiger partial charge in [0.2, 0.25) is 0 Å². The maximum atomic E-state index is 12.6. The number of amides is 1. The molecule has 104 valence electrons. The Morgan fingerprint density at radius 1 is 1.33 bits per heavy atom. The van der Waals surface area contributed by atoms with Gasteiger partial charge in [-0.25, -0.2) is 0 Å². The SMILES string of the molecule is CCCN(C(=O)C1CCCCO1)C1CCCNC1. The number of carbonyl (C=O) groups is 1. The van der Waals surface area contributed by atoms with Crippen LogP contribution in [0.3, 0.4) is 0 Å². The average Bonchev–Trinajstić information content (AvgIpc) is 2.46. The molecule has 2 atom stereocenters. The van der Waals surface area contributed by atoms with Crippen LogP contribution in [0.15, 0.2) is 0 Å². The van der Waals surface area contributed by atoms with E-state index in [0.29, 0.717) is 6.04 Å². The maximum Gasteiger partial charge on any atom is 0.251 e. The lowest BCUT2D eigenvalue weighted by Crippen LogP contribution is -2.52. The second kappa shape index (κ2) is 7.10. The van der Waals surface area contributed by atoms with Gasteiger partial charge >= 0.3 is 0 Å². The minimum atomic E-state index is -0.174. The molecule has 4 heteroatoms. The number of hydrogen-bond donors (Lipinski definition) is 1. The molecule has 0 aromatic carbocycles. The van der Waals surface area contributed by atoms with Gasteiger partial charge in [-0.2, -0.15) is 0 Å². The second-order valence-electron chi connectivity index (χ2n) is 5.39. The Bertz CT molecular complexity index is 259. The van der Waals surface area contributed by atoms with Crippen molar-refractivity contribution in [3.8, 4) is 0 Å². The van der Waals surface area contributed by atoms with Gasteiger partial charge in [-0.15, -0.1) is 0 Å². The summed E-state index contributed by atoms with van der Waals surface area (Å²) >= 11 is 0. The van der Waals surface area contributed by atoms with Crippen molar-refractivity contribution in [2.45, 2.75) is 57.6 Å². The highest BCUT2D eigenvalue weighted by atomic mass is 16.5. The molecule has 4 nitrogen and oxygen atoms in total. The van der Waals surface area contributed by atoms with Crippen molar-refractivity contribution in [3.05, 3.63) is 0 Å². The molecule has 0 bridgehead atoms. The third-order valence-electron chi connectivity index (χ3n) is 3.91. The topological polar surface area (TPSA) is 41.6 Å². The quantitative estimate of drug-likeness (QED) is 0.827. The van der Waals surface area contributed by atoms with Crippen LogP contribution in [-0.2, 0) is 9.53 Å². The summed E-state index contributed by atoms with van der Waals surface area (Å²) in [4.78, 5) is 14.6. The molecule has 0 spiro atoms. The molecule has 18 heavy (non-hydrogen) atoms. The summed E-state index contributed by atoms with van der Waals surface area (Å²) in [6.45, 7) is 5.78. The summed E-state index contributed by atoms with van der Waals surface area (Å²) in [6.07, 6.45) is 6.28. The van der Waals surface area contributed by atoms with Gasteiger partial charge in [0, 0.05) is 25.7 Å².